The summed E-state index contributed by atoms with van der Waals surface area (Å²) in [5.41, 5.74) is 0. The van der Waals surface area contributed by atoms with Gasteiger partial charge in [-0.15, -0.1) is 0 Å². The van der Waals surface area contributed by atoms with Crippen LogP contribution in [0.2, 0.25) is 0 Å². The van der Waals surface area contributed by atoms with Gasteiger partial charge >= 0.3 is 0 Å². The van der Waals surface area contributed by atoms with Crippen LogP contribution in [0.25, 0.3) is 0 Å². The molecule has 0 aromatic carbocycles. The van der Waals surface area contributed by atoms with Crippen molar-refractivity contribution in [2.24, 2.45) is 0 Å². The fourth-order valence-electron chi connectivity index (χ4n) is 2.04. The lowest BCUT2D eigenvalue weighted by atomic mass is 9.94. The minimum absolute atomic E-state index is 0.271. The quantitative estimate of drug-likeness (QED) is 0.699. The zero-order valence-corrected chi connectivity index (χ0v) is 11.4. The largest absolute Gasteiger partial charge is 0.269 e. The predicted octanol–water partition coefficient (Wildman–Crippen LogP) is 0.708. The third-order valence-corrected chi connectivity index (χ3v) is 6.93. The third-order valence-electron chi connectivity index (χ3n) is 3.44. The zero-order valence-electron chi connectivity index (χ0n) is 9.73. The highest BCUT2D eigenvalue weighted by molar-refractivity contribution is 7.93. The van der Waals surface area contributed by atoms with E-state index in [2.05, 4.69) is 4.18 Å². The molecule has 106 valence electrons. The average molecular weight is 304 g/mol. The lowest BCUT2D eigenvalue weighted by Gasteiger charge is -2.36. The highest BCUT2D eigenvalue weighted by Crippen LogP contribution is 2.52. The van der Waals surface area contributed by atoms with Gasteiger partial charge in [-0.3, -0.25) is 4.18 Å². The van der Waals surface area contributed by atoms with E-state index < -0.39 is 55.3 Å². The van der Waals surface area contributed by atoms with Crippen LogP contribution in [0.3, 0.4) is 0 Å². The van der Waals surface area contributed by atoms with Crippen LogP contribution in [0.15, 0.2) is 0 Å². The topological polar surface area (TPSA) is 77.5 Å². The Morgan fingerprint density at radius 1 is 1.17 bits per heavy atom. The molecule has 0 saturated heterocycles. The van der Waals surface area contributed by atoms with E-state index in [9.17, 15) is 25.6 Å². The number of halogens is 2. The number of hydrogen-bond acceptors (Lipinski definition) is 5. The molecule has 0 amide bonds. The van der Waals surface area contributed by atoms with Crippen LogP contribution in [-0.2, 0) is 24.1 Å². The second-order valence-electron chi connectivity index (χ2n) is 5.08. The monoisotopic (exact) mass is 304 g/mol. The summed E-state index contributed by atoms with van der Waals surface area (Å²) in [6, 6.07) is 0. The molecule has 0 bridgehead atoms. The molecule has 0 unspecified atom stereocenters. The highest BCUT2D eigenvalue weighted by atomic mass is 32.2. The summed E-state index contributed by atoms with van der Waals surface area (Å²) in [5.74, 6) is -2.91. The molecule has 0 radical (unpaired) electrons. The van der Waals surface area contributed by atoms with Gasteiger partial charge in [0.2, 0.25) is 0 Å². The summed E-state index contributed by atoms with van der Waals surface area (Å²) >= 11 is 0. The molecule has 0 aliphatic heterocycles. The van der Waals surface area contributed by atoms with Gasteiger partial charge in [0.1, 0.15) is 0 Å². The van der Waals surface area contributed by atoms with Gasteiger partial charge in [0.25, 0.3) is 16.0 Å². The smallest absolute Gasteiger partial charge is 0.264 e. The number of rotatable bonds is 5. The normalized spacial score (nSPS) is 26.6. The molecule has 18 heavy (non-hydrogen) atoms. The van der Waals surface area contributed by atoms with Gasteiger partial charge < -0.3 is 0 Å². The van der Waals surface area contributed by atoms with E-state index >= 15 is 0 Å². The van der Waals surface area contributed by atoms with E-state index in [0.29, 0.717) is 0 Å². The van der Waals surface area contributed by atoms with Crippen LogP contribution in [0.5, 0.6) is 0 Å². The molecule has 0 aromatic heterocycles. The maximum atomic E-state index is 12.7. The van der Waals surface area contributed by atoms with Crippen molar-refractivity contribution in [3.05, 3.63) is 0 Å². The average Bonchev–Trinajstić information content (AvgIpc) is 2.90. The molecule has 0 aromatic rings. The lowest BCUT2D eigenvalue weighted by Crippen LogP contribution is -2.49. The Morgan fingerprint density at radius 3 is 2.00 bits per heavy atom. The third kappa shape index (κ3) is 2.53. The summed E-state index contributed by atoms with van der Waals surface area (Å²) in [5, 5.41) is -1.07. The lowest BCUT2D eigenvalue weighted by molar-refractivity contribution is -0.0688. The van der Waals surface area contributed by atoms with E-state index in [4.69, 9.17) is 0 Å². The van der Waals surface area contributed by atoms with Gasteiger partial charge in [-0.05, 0) is 12.8 Å². The van der Waals surface area contributed by atoms with E-state index in [1.165, 1.54) is 0 Å². The minimum atomic E-state index is -3.75. The molecule has 0 spiro atoms. The standard InChI is InChI=1S/C9H14F2O5S2/c1-17(12,13)16-6-8(2-3-8)18(14,15)7-4-9(10,11)5-7/h7H,2-6H2,1H3. The second kappa shape index (κ2) is 3.86. The summed E-state index contributed by atoms with van der Waals surface area (Å²) in [7, 11) is -7.48. The SMILES string of the molecule is CS(=O)(=O)OCC1(S(=O)(=O)C2CC(F)(F)C2)CC1. The van der Waals surface area contributed by atoms with Crippen molar-refractivity contribution >= 4 is 20.0 Å². The van der Waals surface area contributed by atoms with Crippen LogP contribution in [0.4, 0.5) is 8.78 Å². The van der Waals surface area contributed by atoms with E-state index in [1.54, 1.807) is 0 Å². The molecule has 9 heteroatoms. The first kappa shape index (κ1) is 14.1. The minimum Gasteiger partial charge on any atom is -0.269 e. The van der Waals surface area contributed by atoms with Crippen molar-refractivity contribution in [2.45, 2.75) is 41.6 Å². The maximum Gasteiger partial charge on any atom is 0.264 e. The molecule has 2 fully saturated rings. The summed E-state index contributed by atoms with van der Waals surface area (Å²) in [4.78, 5) is 0. The Hall–Kier alpha value is -0.280. The van der Waals surface area contributed by atoms with Gasteiger partial charge in [0, 0.05) is 12.8 Å². The van der Waals surface area contributed by atoms with Gasteiger partial charge in [-0.25, -0.2) is 17.2 Å². The fourth-order valence-corrected chi connectivity index (χ4v) is 5.09. The molecule has 0 heterocycles. The Balaban J connectivity index is 2.07. The van der Waals surface area contributed by atoms with Crippen molar-refractivity contribution in [3.63, 3.8) is 0 Å². The van der Waals surface area contributed by atoms with Crippen molar-refractivity contribution in [1.29, 1.82) is 0 Å². The van der Waals surface area contributed by atoms with Crippen LogP contribution >= 0.6 is 0 Å². The van der Waals surface area contributed by atoms with Crippen LogP contribution in [0.1, 0.15) is 25.7 Å². The number of hydrogen-bond donors (Lipinski definition) is 0. The first-order valence-corrected chi connectivity index (χ1v) is 8.80. The van der Waals surface area contributed by atoms with Gasteiger partial charge in [0.05, 0.1) is 22.9 Å². The van der Waals surface area contributed by atoms with Crippen LogP contribution in [0, 0.1) is 0 Å². The molecule has 0 atom stereocenters. The number of alkyl halides is 2. The van der Waals surface area contributed by atoms with Gasteiger partial charge in [0.15, 0.2) is 9.84 Å². The van der Waals surface area contributed by atoms with Gasteiger partial charge in [-0.1, -0.05) is 0 Å². The van der Waals surface area contributed by atoms with Crippen molar-refractivity contribution in [3.8, 4) is 0 Å². The van der Waals surface area contributed by atoms with Crippen molar-refractivity contribution in [1.82, 2.24) is 0 Å². The summed E-state index contributed by atoms with van der Waals surface area (Å²) < 4.78 is 74.6. The molecule has 2 aliphatic rings. The maximum absolute atomic E-state index is 12.7. The second-order valence-corrected chi connectivity index (χ2v) is 9.35. The number of sulfone groups is 1. The molecule has 5 nitrogen and oxygen atoms in total. The summed E-state index contributed by atoms with van der Waals surface area (Å²) in [6.07, 6.45) is 0.0267. The molecular weight excluding hydrogens is 290 g/mol. The van der Waals surface area contributed by atoms with Crippen molar-refractivity contribution < 1.29 is 29.8 Å². The van der Waals surface area contributed by atoms with E-state index in [-0.39, 0.29) is 12.8 Å². The van der Waals surface area contributed by atoms with E-state index in [0.717, 1.165) is 6.26 Å². The van der Waals surface area contributed by atoms with E-state index in [1.807, 2.05) is 0 Å². The Labute approximate surface area is 105 Å². The van der Waals surface area contributed by atoms with Crippen molar-refractivity contribution in [2.75, 3.05) is 12.9 Å². The Kier molecular flexibility index (Phi) is 3.03. The van der Waals surface area contributed by atoms with Crippen LogP contribution in [-0.4, -0.2) is 45.6 Å². The van der Waals surface area contributed by atoms with Gasteiger partial charge in [-0.2, -0.15) is 8.42 Å². The molecular formula is C9H14F2O5S2. The highest BCUT2D eigenvalue weighted by Gasteiger charge is 2.63. The fraction of sp³-hybridized carbons (Fsp3) is 1.00. The zero-order chi connectivity index (χ0) is 13.8. The molecule has 2 aliphatic carbocycles. The summed E-state index contributed by atoms with van der Waals surface area (Å²) in [6.45, 7) is -0.462. The molecule has 2 rings (SSSR count). The first-order chi connectivity index (χ1) is 7.98. The predicted molar refractivity (Wildman–Crippen MR) is 59.6 cm³/mol. The van der Waals surface area contributed by atoms with Crippen LogP contribution < -0.4 is 0 Å². The Morgan fingerprint density at radius 2 is 1.67 bits per heavy atom. The Bertz CT molecular complexity index is 540. The molecule has 0 N–H and O–H groups in total. The first-order valence-electron chi connectivity index (χ1n) is 5.43. The molecule has 2 saturated carbocycles.